The highest BCUT2D eigenvalue weighted by atomic mass is 16.5. The zero-order valence-corrected chi connectivity index (χ0v) is 13.0. The molecule has 1 aromatic carbocycles. The molecule has 7 nitrogen and oxygen atoms in total. The van der Waals surface area contributed by atoms with Crippen LogP contribution in [0.1, 0.15) is 30.6 Å². The van der Waals surface area contributed by atoms with Crippen LogP contribution in [0.15, 0.2) is 30.3 Å². The molecule has 0 aliphatic carbocycles. The van der Waals surface area contributed by atoms with Crippen molar-refractivity contribution < 1.29 is 23.9 Å². The van der Waals surface area contributed by atoms with Gasteiger partial charge in [-0.15, -0.1) is 0 Å². The van der Waals surface area contributed by atoms with Gasteiger partial charge in [0.25, 0.3) is 5.91 Å². The summed E-state index contributed by atoms with van der Waals surface area (Å²) in [5, 5.41) is 2.54. The topological polar surface area (TPSA) is 92.8 Å². The second-order valence-corrected chi connectivity index (χ2v) is 5.46. The highest BCUT2D eigenvalue weighted by Crippen LogP contribution is 2.20. The number of hydrogen-bond donors (Lipinski definition) is 1. The van der Waals surface area contributed by atoms with Gasteiger partial charge in [-0.2, -0.15) is 0 Å². The van der Waals surface area contributed by atoms with Crippen LogP contribution in [0.4, 0.5) is 4.79 Å². The molecule has 2 rings (SSSR count). The molecule has 0 saturated carbocycles. The second-order valence-electron chi connectivity index (χ2n) is 5.46. The summed E-state index contributed by atoms with van der Waals surface area (Å²) in [4.78, 5) is 48.3. The maximum absolute atomic E-state index is 12.1. The lowest BCUT2D eigenvalue weighted by Gasteiger charge is -2.18. The van der Waals surface area contributed by atoms with Crippen LogP contribution in [0.5, 0.6) is 0 Å². The van der Waals surface area contributed by atoms with Gasteiger partial charge in [-0.1, -0.05) is 37.3 Å². The van der Waals surface area contributed by atoms with Gasteiger partial charge in [-0.3, -0.25) is 19.3 Å². The number of esters is 1. The van der Waals surface area contributed by atoms with E-state index in [-0.39, 0.29) is 5.78 Å². The van der Waals surface area contributed by atoms with E-state index in [0.717, 1.165) is 4.90 Å². The highest BCUT2D eigenvalue weighted by Gasteiger charge is 2.47. The Balaban J connectivity index is 1.89. The molecule has 1 aliphatic rings. The Kier molecular flexibility index (Phi) is 4.78. The molecule has 1 saturated heterocycles. The van der Waals surface area contributed by atoms with Gasteiger partial charge >= 0.3 is 12.0 Å². The third kappa shape index (κ3) is 3.56. The van der Waals surface area contributed by atoms with Crippen molar-refractivity contribution in [2.45, 2.75) is 25.8 Å². The van der Waals surface area contributed by atoms with E-state index in [9.17, 15) is 19.2 Å². The first kappa shape index (κ1) is 16.7. The monoisotopic (exact) mass is 318 g/mol. The van der Waals surface area contributed by atoms with Crippen LogP contribution in [0.3, 0.4) is 0 Å². The molecule has 0 spiro atoms. The maximum atomic E-state index is 12.1. The summed E-state index contributed by atoms with van der Waals surface area (Å²) in [7, 11) is 0. The molecular weight excluding hydrogens is 300 g/mol. The molecule has 1 atom stereocenters. The molecular formula is C16H18N2O5. The van der Waals surface area contributed by atoms with E-state index in [0.29, 0.717) is 12.0 Å². The predicted octanol–water partition coefficient (Wildman–Crippen LogP) is 1.13. The zero-order chi connectivity index (χ0) is 17.0. The summed E-state index contributed by atoms with van der Waals surface area (Å²) in [5.41, 5.74) is -0.578. The molecule has 1 fully saturated rings. The molecule has 1 N–H and O–H groups in total. The molecule has 1 aromatic rings. The average molecular weight is 318 g/mol. The molecule has 3 amide bonds. The number of rotatable bonds is 6. The number of benzene rings is 1. The molecule has 23 heavy (non-hydrogen) atoms. The third-order valence-corrected chi connectivity index (χ3v) is 3.80. The lowest BCUT2D eigenvalue weighted by atomic mass is 9.99. The summed E-state index contributed by atoms with van der Waals surface area (Å²) >= 11 is 0. The summed E-state index contributed by atoms with van der Waals surface area (Å²) in [6.07, 6.45) is 0.412. The number of carbonyl (C=O) groups excluding carboxylic acids is 4. The Bertz CT molecular complexity index is 643. The fourth-order valence-corrected chi connectivity index (χ4v) is 2.16. The van der Waals surface area contributed by atoms with E-state index in [1.165, 1.54) is 0 Å². The molecule has 0 radical (unpaired) electrons. The van der Waals surface area contributed by atoms with Gasteiger partial charge in [-0.25, -0.2) is 4.79 Å². The number of ether oxygens (including phenoxy) is 1. The van der Waals surface area contributed by atoms with Crippen molar-refractivity contribution in [1.82, 2.24) is 10.2 Å². The van der Waals surface area contributed by atoms with Crippen LogP contribution < -0.4 is 5.32 Å². The minimum atomic E-state index is -1.00. The summed E-state index contributed by atoms with van der Waals surface area (Å²) in [6.45, 7) is 2.41. The lowest BCUT2D eigenvalue weighted by Crippen LogP contribution is -2.43. The van der Waals surface area contributed by atoms with Gasteiger partial charge in [-0.05, 0) is 13.3 Å². The number of carbonyl (C=O) groups is 4. The summed E-state index contributed by atoms with van der Waals surface area (Å²) in [6, 6.07) is 7.76. The molecule has 7 heteroatoms. The molecule has 1 heterocycles. The Hall–Kier alpha value is -2.70. The summed E-state index contributed by atoms with van der Waals surface area (Å²) < 4.78 is 4.86. The lowest BCUT2D eigenvalue weighted by molar-refractivity contribution is -0.146. The number of amides is 3. The second kappa shape index (κ2) is 6.60. The van der Waals surface area contributed by atoms with Gasteiger partial charge < -0.3 is 10.1 Å². The van der Waals surface area contributed by atoms with Crippen molar-refractivity contribution in [3.8, 4) is 0 Å². The number of urea groups is 1. The van der Waals surface area contributed by atoms with Gasteiger partial charge in [0.2, 0.25) is 0 Å². The normalized spacial score (nSPS) is 20.3. The van der Waals surface area contributed by atoms with Crippen molar-refractivity contribution in [2.24, 2.45) is 0 Å². The number of hydrogen-bond acceptors (Lipinski definition) is 5. The van der Waals surface area contributed by atoms with Crippen molar-refractivity contribution in [3.63, 3.8) is 0 Å². The Labute approximate surface area is 133 Å². The van der Waals surface area contributed by atoms with Gasteiger partial charge in [0.15, 0.2) is 12.4 Å². The highest BCUT2D eigenvalue weighted by molar-refractivity contribution is 6.08. The Morgan fingerprint density at radius 2 is 1.87 bits per heavy atom. The standard InChI is InChI=1S/C16H18N2O5/c1-3-16(2)14(21)18(15(22)17-16)9-13(20)23-10-12(19)11-7-5-4-6-8-11/h4-8H,3,9-10H2,1-2H3,(H,17,22)/t16-/m1/s1. The smallest absolute Gasteiger partial charge is 0.326 e. The quantitative estimate of drug-likeness (QED) is 0.482. The number of imide groups is 1. The molecule has 1 aliphatic heterocycles. The fraction of sp³-hybridized carbons (Fsp3) is 0.375. The first-order valence-corrected chi connectivity index (χ1v) is 7.25. The SMILES string of the molecule is CC[C@@]1(C)NC(=O)N(CC(=O)OCC(=O)c2ccccc2)C1=O. The molecule has 122 valence electrons. The van der Waals surface area contributed by atoms with Crippen LogP contribution in [-0.2, 0) is 14.3 Å². The van der Waals surface area contributed by atoms with Gasteiger partial charge in [0, 0.05) is 5.56 Å². The van der Waals surface area contributed by atoms with E-state index >= 15 is 0 Å². The van der Waals surface area contributed by atoms with E-state index in [1.54, 1.807) is 44.2 Å². The number of Topliss-reactive ketones (excluding diaryl/α,β-unsaturated/α-hetero) is 1. The third-order valence-electron chi connectivity index (χ3n) is 3.80. The molecule has 0 aromatic heterocycles. The van der Waals surface area contributed by atoms with Crippen LogP contribution in [0, 0.1) is 0 Å². The Morgan fingerprint density at radius 3 is 2.43 bits per heavy atom. The first-order valence-electron chi connectivity index (χ1n) is 7.25. The predicted molar refractivity (Wildman–Crippen MR) is 80.7 cm³/mol. The average Bonchev–Trinajstić information content (AvgIpc) is 2.77. The van der Waals surface area contributed by atoms with Crippen molar-refractivity contribution >= 4 is 23.7 Å². The minimum absolute atomic E-state index is 0.352. The van der Waals surface area contributed by atoms with Crippen LogP contribution in [-0.4, -0.2) is 47.3 Å². The number of nitrogens with one attached hydrogen (secondary N) is 1. The summed E-state index contributed by atoms with van der Waals surface area (Å²) in [5.74, 6) is -1.64. The minimum Gasteiger partial charge on any atom is -0.456 e. The largest absolute Gasteiger partial charge is 0.456 e. The van der Waals surface area contributed by atoms with Crippen molar-refractivity contribution in [1.29, 1.82) is 0 Å². The van der Waals surface area contributed by atoms with Crippen LogP contribution in [0.25, 0.3) is 0 Å². The van der Waals surface area contributed by atoms with Crippen molar-refractivity contribution in [3.05, 3.63) is 35.9 Å². The van der Waals surface area contributed by atoms with E-state index in [1.807, 2.05) is 0 Å². The van der Waals surface area contributed by atoms with Crippen molar-refractivity contribution in [2.75, 3.05) is 13.2 Å². The van der Waals surface area contributed by atoms with E-state index in [4.69, 9.17) is 4.74 Å². The number of ketones is 1. The van der Waals surface area contributed by atoms with Crippen LogP contribution >= 0.6 is 0 Å². The molecule has 0 bridgehead atoms. The first-order chi connectivity index (χ1) is 10.9. The van der Waals surface area contributed by atoms with Gasteiger partial charge in [0.05, 0.1) is 0 Å². The van der Waals surface area contributed by atoms with E-state index in [2.05, 4.69) is 5.32 Å². The zero-order valence-electron chi connectivity index (χ0n) is 13.0. The van der Waals surface area contributed by atoms with Crippen LogP contribution in [0.2, 0.25) is 0 Å². The number of nitrogens with zero attached hydrogens (tertiary/aromatic N) is 1. The van der Waals surface area contributed by atoms with E-state index < -0.39 is 36.6 Å². The van der Waals surface area contributed by atoms with Gasteiger partial charge in [0.1, 0.15) is 12.1 Å². The Morgan fingerprint density at radius 1 is 1.22 bits per heavy atom. The molecule has 0 unspecified atom stereocenters. The fourth-order valence-electron chi connectivity index (χ4n) is 2.16. The maximum Gasteiger partial charge on any atom is 0.326 e.